The summed E-state index contributed by atoms with van der Waals surface area (Å²) in [6.45, 7) is -0.609. The van der Waals surface area contributed by atoms with Gasteiger partial charge in [0.05, 0.1) is 11.3 Å². The van der Waals surface area contributed by atoms with Crippen LogP contribution in [0, 0.1) is 11.6 Å². The van der Waals surface area contributed by atoms with E-state index >= 15 is 0 Å². The lowest BCUT2D eigenvalue weighted by atomic mass is 10.2. The number of ether oxygens (including phenoxy) is 1. The number of hydrogen-bond acceptors (Lipinski definition) is 6. The number of rotatable bonds is 5. The summed E-state index contributed by atoms with van der Waals surface area (Å²) in [6.07, 6.45) is 1.31. The van der Waals surface area contributed by atoms with Crippen molar-refractivity contribution in [3.63, 3.8) is 0 Å². The minimum absolute atomic E-state index is 0.0408. The highest BCUT2D eigenvalue weighted by Gasteiger charge is 2.16. The lowest BCUT2D eigenvalue weighted by Gasteiger charge is -2.09. The molecule has 3 aromatic rings. The van der Waals surface area contributed by atoms with E-state index in [4.69, 9.17) is 4.74 Å². The third-order valence-corrected chi connectivity index (χ3v) is 3.26. The van der Waals surface area contributed by atoms with Crippen molar-refractivity contribution >= 4 is 17.6 Å². The van der Waals surface area contributed by atoms with Crippen molar-refractivity contribution in [2.24, 2.45) is 0 Å². The molecular formula is C16H11F2N5O3. The normalized spacial score (nSPS) is 10.4. The number of carbonyl (C=O) groups is 2. The van der Waals surface area contributed by atoms with Crippen LogP contribution in [-0.2, 0) is 9.53 Å². The van der Waals surface area contributed by atoms with Crippen molar-refractivity contribution in [3.05, 3.63) is 66.0 Å². The Morgan fingerprint density at radius 3 is 2.65 bits per heavy atom. The van der Waals surface area contributed by atoms with Crippen LogP contribution < -0.4 is 5.32 Å². The molecule has 0 fully saturated rings. The number of halogens is 2. The molecule has 0 radical (unpaired) electrons. The Bertz CT molecular complexity index is 947. The molecule has 1 aromatic heterocycles. The molecule has 0 aliphatic carbocycles. The van der Waals surface area contributed by atoms with Gasteiger partial charge in [0.2, 0.25) is 0 Å². The molecule has 10 heteroatoms. The summed E-state index contributed by atoms with van der Waals surface area (Å²) >= 11 is 0. The van der Waals surface area contributed by atoms with Crippen molar-refractivity contribution < 1.29 is 23.1 Å². The standard InChI is InChI=1S/C16H11F2N5O3/c17-12-6-5-10(7-13(12)18)20-15(24)8-26-16(25)11-3-1-2-4-14(11)23-9-19-21-22-23/h1-7,9H,8H2,(H,20,24). The molecule has 0 unspecified atom stereocenters. The number of hydrogen-bond donors (Lipinski definition) is 1. The lowest BCUT2D eigenvalue weighted by molar-refractivity contribution is -0.119. The molecule has 3 rings (SSSR count). The quantitative estimate of drug-likeness (QED) is 0.697. The molecule has 0 saturated heterocycles. The zero-order valence-electron chi connectivity index (χ0n) is 13.1. The van der Waals surface area contributed by atoms with Gasteiger partial charge >= 0.3 is 5.97 Å². The maximum Gasteiger partial charge on any atom is 0.340 e. The Morgan fingerprint density at radius 1 is 1.12 bits per heavy atom. The maximum absolute atomic E-state index is 13.1. The molecule has 0 bridgehead atoms. The van der Waals surface area contributed by atoms with Gasteiger partial charge in [0.25, 0.3) is 5.91 Å². The summed E-state index contributed by atoms with van der Waals surface area (Å²) in [4.78, 5) is 24.0. The topological polar surface area (TPSA) is 99.0 Å². The zero-order chi connectivity index (χ0) is 18.5. The van der Waals surface area contributed by atoms with Crippen molar-refractivity contribution in [3.8, 4) is 5.69 Å². The SMILES string of the molecule is O=C(COC(=O)c1ccccc1-n1cnnn1)Nc1ccc(F)c(F)c1. The van der Waals surface area contributed by atoms with Gasteiger partial charge in [-0.25, -0.2) is 13.6 Å². The second-order valence-corrected chi connectivity index (χ2v) is 5.02. The van der Waals surface area contributed by atoms with E-state index in [0.717, 1.165) is 12.1 Å². The Morgan fingerprint density at radius 2 is 1.92 bits per heavy atom. The summed E-state index contributed by atoms with van der Waals surface area (Å²) < 4.78 is 32.2. The number of esters is 1. The monoisotopic (exact) mass is 359 g/mol. The highest BCUT2D eigenvalue weighted by molar-refractivity contribution is 5.97. The molecule has 132 valence electrons. The highest BCUT2D eigenvalue weighted by atomic mass is 19.2. The van der Waals surface area contributed by atoms with E-state index in [1.807, 2.05) is 0 Å². The van der Waals surface area contributed by atoms with Gasteiger partial charge in [-0.15, -0.1) is 5.10 Å². The van der Waals surface area contributed by atoms with Crippen molar-refractivity contribution in [1.29, 1.82) is 0 Å². The van der Waals surface area contributed by atoms with Crippen LogP contribution in [0.4, 0.5) is 14.5 Å². The first kappa shape index (κ1) is 17.1. The third-order valence-electron chi connectivity index (χ3n) is 3.26. The third kappa shape index (κ3) is 3.86. The van der Waals surface area contributed by atoms with E-state index in [9.17, 15) is 18.4 Å². The molecule has 0 saturated carbocycles. The van der Waals surface area contributed by atoms with E-state index in [1.165, 1.54) is 23.1 Å². The Labute approximate surface area is 145 Å². The van der Waals surface area contributed by atoms with E-state index < -0.39 is 30.1 Å². The van der Waals surface area contributed by atoms with Gasteiger partial charge in [-0.3, -0.25) is 4.79 Å². The fourth-order valence-corrected chi connectivity index (χ4v) is 2.10. The molecule has 8 nitrogen and oxygen atoms in total. The first-order chi connectivity index (χ1) is 12.5. The van der Waals surface area contributed by atoms with Crippen molar-refractivity contribution in [1.82, 2.24) is 20.2 Å². The number of anilines is 1. The van der Waals surface area contributed by atoms with E-state index in [-0.39, 0.29) is 11.3 Å². The number of carbonyl (C=O) groups excluding carboxylic acids is 2. The maximum atomic E-state index is 13.1. The van der Waals surface area contributed by atoms with Gasteiger partial charge in [0, 0.05) is 11.8 Å². The average Bonchev–Trinajstić information content (AvgIpc) is 3.17. The molecule has 1 N–H and O–H groups in total. The van der Waals surface area contributed by atoms with Gasteiger partial charge in [-0.2, -0.15) is 4.68 Å². The molecule has 0 atom stereocenters. The average molecular weight is 359 g/mol. The van der Waals surface area contributed by atoms with Crippen LogP contribution in [0.15, 0.2) is 48.8 Å². The second-order valence-electron chi connectivity index (χ2n) is 5.02. The van der Waals surface area contributed by atoms with E-state index in [1.54, 1.807) is 18.2 Å². The van der Waals surface area contributed by atoms with Crippen molar-refractivity contribution in [2.75, 3.05) is 11.9 Å². The Balaban J connectivity index is 1.64. The Hall–Kier alpha value is -3.69. The van der Waals surface area contributed by atoms with Crippen LogP contribution in [0.5, 0.6) is 0 Å². The Kier molecular flexibility index (Phi) is 4.92. The van der Waals surface area contributed by atoms with E-state index in [0.29, 0.717) is 5.69 Å². The van der Waals surface area contributed by atoms with Gasteiger partial charge in [0.15, 0.2) is 18.2 Å². The van der Waals surface area contributed by atoms with Crippen LogP contribution in [0.3, 0.4) is 0 Å². The number of nitrogens with one attached hydrogen (secondary N) is 1. The number of aromatic nitrogens is 4. The number of para-hydroxylation sites is 1. The first-order valence-electron chi connectivity index (χ1n) is 7.29. The predicted octanol–water partition coefficient (Wildman–Crippen LogP) is 1.74. The van der Waals surface area contributed by atoms with Crippen LogP contribution in [-0.4, -0.2) is 38.7 Å². The number of nitrogens with zero attached hydrogens (tertiary/aromatic N) is 4. The van der Waals surface area contributed by atoms with Crippen molar-refractivity contribution in [2.45, 2.75) is 0 Å². The molecule has 0 aliphatic rings. The zero-order valence-corrected chi connectivity index (χ0v) is 13.1. The predicted molar refractivity (Wildman–Crippen MR) is 84.4 cm³/mol. The largest absolute Gasteiger partial charge is 0.452 e. The van der Waals surface area contributed by atoms with Gasteiger partial charge in [-0.1, -0.05) is 12.1 Å². The number of benzene rings is 2. The first-order valence-corrected chi connectivity index (χ1v) is 7.29. The van der Waals surface area contributed by atoms with Crippen LogP contribution in [0.2, 0.25) is 0 Å². The smallest absolute Gasteiger partial charge is 0.340 e. The lowest BCUT2D eigenvalue weighted by Crippen LogP contribution is -2.21. The molecule has 26 heavy (non-hydrogen) atoms. The summed E-state index contributed by atoms with van der Waals surface area (Å²) in [7, 11) is 0. The summed E-state index contributed by atoms with van der Waals surface area (Å²) in [5, 5.41) is 13.0. The van der Waals surface area contributed by atoms with Crippen LogP contribution in [0.1, 0.15) is 10.4 Å². The number of tetrazole rings is 1. The van der Waals surface area contributed by atoms with Gasteiger partial charge in [-0.05, 0) is 34.7 Å². The fraction of sp³-hybridized carbons (Fsp3) is 0.0625. The summed E-state index contributed by atoms with van der Waals surface area (Å²) in [6, 6.07) is 9.28. The van der Waals surface area contributed by atoms with Crippen LogP contribution in [0.25, 0.3) is 5.69 Å². The van der Waals surface area contributed by atoms with E-state index in [2.05, 4.69) is 20.8 Å². The summed E-state index contributed by atoms with van der Waals surface area (Å²) in [5.74, 6) is -3.61. The fourth-order valence-electron chi connectivity index (χ4n) is 2.10. The molecule has 2 aromatic carbocycles. The van der Waals surface area contributed by atoms with Gasteiger partial charge < -0.3 is 10.1 Å². The number of amides is 1. The minimum Gasteiger partial charge on any atom is -0.452 e. The van der Waals surface area contributed by atoms with Crippen LogP contribution >= 0.6 is 0 Å². The molecule has 1 heterocycles. The van der Waals surface area contributed by atoms with Gasteiger partial charge in [0.1, 0.15) is 6.33 Å². The highest BCUT2D eigenvalue weighted by Crippen LogP contribution is 2.15. The molecule has 0 aliphatic heterocycles. The molecule has 1 amide bonds. The second kappa shape index (κ2) is 7.47. The molecular weight excluding hydrogens is 348 g/mol. The summed E-state index contributed by atoms with van der Waals surface area (Å²) in [5.41, 5.74) is 0.572. The minimum atomic E-state index is -1.10. The molecule has 0 spiro atoms.